The van der Waals surface area contributed by atoms with Crippen LogP contribution in [0.1, 0.15) is 37.4 Å². The van der Waals surface area contributed by atoms with E-state index < -0.39 is 0 Å². The molecular formula is C24H23NO3. The maximum Gasteiger partial charge on any atom is 0.252 e. The highest BCUT2D eigenvalue weighted by atomic mass is 16.5. The van der Waals surface area contributed by atoms with Gasteiger partial charge in [-0.25, -0.2) is 0 Å². The highest BCUT2D eigenvalue weighted by Crippen LogP contribution is 2.20. The van der Waals surface area contributed by atoms with E-state index in [-0.39, 0.29) is 11.7 Å². The number of methoxy groups -OCH3 is 1. The molecule has 0 bridgehead atoms. The molecule has 0 unspecified atom stereocenters. The fraction of sp³-hybridized carbons (Fsp3) is 0.167. The summed E-state index contributed by atoms with van der Waals surface area (Å²) in [6.07, 6.45) is 0.644. The van der Waals surface area contributed by atoms with E-state index in [0.717, 1.165) is 16.9 Å². The molecule has 0 saturated heterocycles. The molecule has 3 aromatic carbocycles. The van der Waals surface area contributed by atoms with Gasteiger partial charge < -0.3 is 10.1 Å². The van der Waals surface area contributed by atoms with Gasteiger partial charge >= 0.3 is 0 Å². The molecule has 0 fully saturated rings. The van der Waals surface area contributed by atoms with Gasteiger partial charge in [-0.15, -0.1) is 0 Å². The molecule has 0 aromatic heterocycles. The first kappa shape index (κ1) is 19.4. The molecule has 0 heterocycles. The van der Waals surface area contributed by atoms with Crippen LogP contribution in [0.5, 0.6) is 5.75 Å². The van der Waals surface area contributed by atoms with Gasteiger partial charge in [-0.05, 0) is 31.0 Å². The van der Waals surface area contributed by atoms with Crippen LogP contribution < -0.4 is 10.1 Å². The lowest BCUT2D eigenvalue weighted by molar-refractivity contribution is 0.0942. The van der Waals surface area contributed by atoms with Gasteiger partial charge in [-0.3, -0.25) is 9.59 Å². The summed E-state index contributed by atoms with van der Waals surface area (Å²) in [7, 11) is 1.64. The second-order valence-electron chi connectivity index (χ2n) is 6.56. The lowest BCUT2D eigenvalue weighted by Crippen LogP contribution is -2.27. The minimum Gasteiger partial charge on any atom is -0.496 e. The maximum atomic E-state index is 12.8. The first-order chi connectivity index (χ1) is 13.6. The molecule has 3 rings (SSSR count). The van der Waals surface area contributed by atoms with Crippen LogP contribution in [-0.2, 0) is 6.42 Å². The zero-order chi connectivity index (χ0) is 19.9. The van der Waals surface area contributed by atoms with E-state index in [4.69, 9.17) is 4.74 Å². The zero-order valence-electron chi connectivity index (χ0n) is 16.1. The number of carbonyl (C=O) groups is 2. The van der Waals surface area contributed by atoms with Gasteiger partial charge in [-0.1, -0.05) is 66.2 Å². The van der Waals surface area contributed by atoms with Crippen molar-refractivity contribution in [3.05, 3.63) is 101 Å². The lowest BCUT2D eigenvalue weighted by Gasteiger charge is -2.12. The van der Waals surface area contributed by atoms with Crippen molar-refractivity contribution < 1.29 is 14.3 Å². The van der Waals surface area contributed by atoms with Crippen LogP contribution in [0, 0.1) is 6.92 Å². The Morgan fingerprint density at radius 3 is 2.29 bits per heavy atom. The highest BCUT2D eigenvalue weighted by molar-refractivity contribution is 6.15. The molecule has 28 heavy (non-hydrogen) atoms. The molecule has 142 valence electrons. The van der Waals surface area contributed by atoms with E-state index >= 15 is 0 Å². The van der Waals surface area contributed by atoms with Gasteiger partial charge in [0.05, 0.1) is 12.7 Å². The van der Waals surface area contributed by atoms with Gasteiger partial charge in [0.1, 0.15) is 5.75 Å². The molecule has 1 N–H and O–H groups in total. The smallest absolute Gasteiger partial charge is 0.252 e. The third-order valence-electron chi connectivity index (χ3n) is 4.57. The predicted octanol–water partition coefficient (Wildman–Crippen LogP) is 4.21. The fourth-order valence-electron chi connectivity index (χ4n) is 3.13. The number of nitrogens with one attached hydrogen (secondary N) is 1. The number of ether oxygens (including phenoxy) is 1. The summed E-state index contributed by atoms with van der Waals surface area (Å²) in [5.74, 6) is 0.387. The molecule has 0 saturated carbocycles. The second-order valence-corrected chi connectivity index (χ2v) is 6.56. The third kappa shape index (κ3) is 4.46. The summed E-state index contributed by atoms with van der Waals surface area (Å²) >= 11 is 0. The van der Waals surface area contributed by atoms with Crippen LogP contribution in [0.25, 0.3) is 0 Å². The highest BCUT2D eigenvalue weighted by Gasteiger charge is 2.17. The predicted molar refractivity (Wildman–Crippen MR) is 110 cm³/mol. The average Bonchev–Trinajstić information content (AvgIpc) is 2.74. The van der Waals surface area contributed by atoms with Crippen molar-refractivity contribution in [2.24, 2.45) is 0 Å². The largest absolute Gasteiger partial charge is 0.496 e. The summed E-state index contributed by atoms with van der Waals surface area (Å²) in [4.78, 5) is 25.5. The Morgan fingerprint density at radius 1 is 0.893 bits per heavy atom. The molecule has 4 nitrogen and oxygen atoms in total. The first-order valence-corrected chi connectivity index (χ1v) is 9.20. The fourth-order valence-corrected chi connectivity index (χ4v) is 3.13. The third-order valence-corrected chi connectivity index (χ3v) is 4.57. The molecular weight excluding hydrogens is 350 g/mol. The Morgan fingerprint density at radius 2 is 1.57 bits per heavy atom. The molecule has 0 aliphatic heterocycles. The number of hydrogen-bond donors (Lipinski definition) is 1. The minimum atomic E-state index is -0.258. The van der Waals surface area contributed by atoms with Crippen LogP contribution in [0.3, 0.4) is 0 Å². The van der Waals surface area contributed by atoms with Crippen molar-refractivity contribution in [3.63, 3.8) is 0 Å². The lowest BCUT2D eigenvalue weighted by atomic mass is 9.98. The zero-order valence-corrected chi connectivity index (χ0v) is 16.1. The molecule has 0 atom stereocenters. The number of rotatable bonds is 7. The number of amides is 1. The van der Waals surface area contributed by atoms with Crippen molar-refractivity contribution >= 4 is 11.7 Å². The van der Waals surface area contributed by atoms with E-state index in [1.54, 1.807) is 43.5 Å². The quantitative estimate of drug-likeness (QED) is 0.631. The van der Waals surface area contributed by atoms with Crippen molar-refractivity contribution in [2.75, 3.05) is 13.7 Å². The molecule has 4 heteroatoms. The Labute approximate surface area is 165 Å². The summed E-state index contributed by atoms with van der Waals surface area (Å²) in [5.41, 5.74) is 3.52. The number of benzene rings is 3. The summed E-state index contributed by atoms with van der Waals surface area (Å²) < 4.78 is 5.38. The Balaban J connectivity index is 1.72. The van der Waals surface area contributed by atoms with Crippen LogP contribution in [0.15, 0.2) is 72.8 Å². The molecule has 0 aliphatic carbocycles. The Kier molecular flexibility index (Phi) is 6.22. The van der Waals surface area contributed by atoms with Crippen LogP contribution >= 0.6 is 0 Å². The molecule has 0 aliphatic rings. The molecule has 0 spiro atoms. The van der Waals surface area contributed by atoms with E-state index in [9.17, 15) is 9.59 Å². The first-order valence-electron chi connectivity index (χ1n) is 9.20. The summed E-state index contributed by atoms with van der Waals surface area (Å²) in [6.45, 7) is 2.47. The van der Waals surface area contributed by atoms with Crippen LogP contribution in [0.4, 0.5) is 0 Å². The van der Waals surface area contributed by atoms with Gasteiger partial charge in [0.2, 0.25) is 0 Å². The van der Waals surface area contributed by atoms with E-state index in [1.165, 1.54) is 0 Å². The van der Waals surface area contributed by atoms with Gasteiger partial charge in [0, 0.05) is 17.7 Å². The SMILES string of the molecule is COc1ccc(C)cc1CCNC(=O)c1ccccc1C(=O)c1ccccc1. The van der Waals surface area contributed by atoms with E-state index in [0.29, 0.717) is 29.7 Å². The van der Waals surface area contributed by atoms with E-state index in [1.807, 2.05) is 37.3 Å². The summed E-state index contributed by atoms with van der Waals surface area (Å²) in [5, 5.41) is 2.92. The van der Waals surface area contributed by atoms with Gasteiger partial charge in [-0.2, -0.15) is 0 Å². The van der Waals surface area contributed by atoms with Crippen LogP contribution in [-0.4, -0.2) is 25.3 Å². The Bertz CT molecular complexity index is 980. The van der Waals surface area contributed by atoms with Crippen molar-refractivity contribution in [1.29, 1.82) is 0 Å². The summed E-state index contributed by atoms with van der Waals surface area (Å²) in [6, 6.07) is 21.9. The van der Waals surface area contributed by atoms with Gasteiger partial charge in [0.15, 0.2) is 5.78 Å². The standard InChI is InChI=1S/C24H23NO3/c1-17-12-13-22(28-2)19(16-17)14-15-25-24(27)21-11-7-6-10-20(21)23(26)18-8-4-3-5-9-18/h3-13,16H,14-15H2,1-2H3,(H,25,27). The van der Waals surface area contributed by atoms with Crippen molar-refractivity contribution in [3.8, 4) is 5.75 Å². The van der Waals surface area contributed by atoms with Crippen molar-refractivity contribution in [1.82, 2.24) is 5.32 Å². The topological polar surface area (TPSA) is 55.4 Å². The van der Waals surface area contributed by atoms with E-state index in [2.05, 4.69) is 11.4 Å². The number of ketones is 1. The molecule has 3 aromatic rings. The number of hydrogen-bond acceptors (Lipinski definition) is 3. The monoisotopic (exact) mass is 373 g/mol. The number of carbonyl (C=O) groups excluding carboxylic acids is 2. The van der Waals surface area contributed by atoms with Crippen LogP contribution in [0.2, 0.25) is 0 Å². The molecule has 0 radical (unpaired) electrons. The maximum absolute atomic E-state index is 12.8. The number of aryl methyl sites for hydroxylation is 1. The average molecular weight is 373 g/mol. The van der Waals surface area contributed by atoms with Crippen molar-refractivity contribution in [2.45, 2.75) is 13.3 Å². The normalized spacial score (nSPS) is 10.4. The molecule has 1 amide bonds. The Hall–Kier alpha value is -3.40. The second kappa shape index (κ2) is 9.00. The van der Waals surface area contributed by atoms with Gasteiger partial charge in [0.25, 0.3) is 5.91 Å². The minimum absolute atomic E-state index is 0.160.